The molecule has 0 bridgehead atoms. The number of nitrogens with two attached hydrogens (primary N) is 3. The minimum Gasteiger partial charge on any atom is -0.480 e. The third-order valence-electron chi connectivity index (χ3n) is 9.01. The van der Waals surface area contributed by atoms with Crippen LogP contribution in [0.5, 0.6) is 0 Å². The van der Waals surface area contributed by atoms with Gasteiger partial charge in [-0.3, -0.25) is 29.4 Å². The van der Waals surface area contributed by atoms with Crippen LogP contribution in [0.15, 0.2) is 60.7 Å². The van der Waals surface area contributed by atoms with Crippen molar-refractivity contribution < 1.29 is 29.1 Å². The topological polar surface area (TPSA) is 250 Å². The lowest BCUT2D eigenvalue weighted by atomic mass is 10.0. The third kappa shape index (κ3) is 9.99. The molecule has 2 heterocycles. The molecule has 4 rings (SSSR count). The van der Waals surface area contributed by atoms with Gasteiger partial charge in [-0.1, -0.05) is 60.7 Å². The van der Waals surface area contributed by atoms with Crippen molar-refractivity contribution in [2.24, 2.45) is 17.2 Å². The van der Waals surface area contributed by atoms with Crippen molar-refractivity contribution in [3.63, 3.8) is 0 Å². The van der Waals surface area contributed by atoms with Gasteiger partial charge in [-0.05, 0) is 49.7 Å². The third-order valence-corrected chi connectivity index (χ3v) is 9.01. The Bertz CT molecular complexity index is 1490. The number of nitrogens with one attached hydrogen (secondary N) is 4. The number of likely N-dealkylation sites (tertiary alicyclic amines) is 2. The Hall–Kier alpha value is -5.02. The average Bonchev–Trinajstić information content (AvgIpc) is 3.74. The number of rotatable bonds is 15. The largest absolute Gasteiger partial charge is 0.480 e. The minimum absolute atomic E-state index is 0.0645. The molecule has 2 aliphatic rings. The fourth-order valence-corrected chi connectivity index (χ4v) is 6.26. The summed E-state index contributed by atoms with van der Waals surface area (Å²) in [7, 11) is 0. The molecule has 0 spiro atoms. The lowest BCUT2D eigenvalue weighted by molar-refractivity contribution is -0.144. The van der Waals surface area contributed by atoms with Gasteiger partial charge in [0.1, 0.15) is 23.7 Å². The highest BCUT2D eigenvalue weighted by molar-refractivity contribution is 5.95. The summed E-state index contributed by atoms with van der Waals surface area (Å²) >= 11 is 0. The van der Waals surface area contributed by atoms with Gasteiger partial charge in [0.05, 0.1) is 6.04 Å². The van der Waals surface area contributed by atoms with Crippen LogP contribution in [0.4, 0.5) is 0 Å². The summed E-state index contributed by atoms with van der Waals surface area (Å²) in [6.45, 7) is 0.448. The number of carboxylic acid groups (broad SMARTS) is 1. The second-order valence-electron chi connectivity index (χ2n) is 12.8. The van der Waals surface area contributed by atoms with Crippen LogP contribution in [0.2, 0.25) is 0 Å². The molecule has 2 aliphatic heterocycles. The summed E-state index contributed by atoms with van der Waals surface area (Å²) < 4.78 is 0. The van der Waals surface area contributed by atoms with Crippen LogP contribution in [-0.2, 0) is 36.8 Å². The van der Waals surface area contributed by atoms with Gasteiger partial charge in [0.15, 0.2) is 5.96 Å². The van der Waals surface area contributed by atoms with Gasteiger partial charge in [0, 0.05) is 32.6 Å². The summed E-state index contributed by atoms with van der Waals surface area (Å²) in [5.41, 5.74) is 17.7. The Morgan fingerprint density at radius 2 is 1.55 bits per heavy atom. The van der Waals surface area contributed by atoms with Crippen molar-refractivity contribution in [3.05, 3.63) is 71.8 Å². The fraction of sp³-hybridized carbons (Fsp3) is 0.471. The smallest absolute Gasteiger partial charge is 0.325 e. The molecule has 2 aromatic carbocycles. The minimum atomic E-state index is -1.59. The molecule has 49 heavy (non-hydrogen) atoms. The zero-order chi connectivity index (χ0) is 35.6. The number of guanidine groups is 1. The molecule has 2 fully saturated rings. The van der Waals surface area contributed by atoms with Crippen LogP contribution in [0.1, 0.15) is 43.2 Å². The maximum atomic E-state index is 14.1. The number of carbonyl (C=O) groups excluding carboxylic acids is 4. The van der Waals surface area contributed by atoms with Gasteiger partial charge in [-0.25, -0.2) is 0 Å². The number of carbonyl (C=O) groups is 5. The van der Waals surface area contributed by atoms with E-state index >= 15 is 0 Å². The molecule has 2 aromatic rings. The second-order valence-corrected chi connectivity index (χ2v) is 12.8. The summed E-state index contributed by atoms with van der Waals surface area (Å²) in [6, 6.07) is 14.7. The Kier molecular flexibility index (Phi) is 12.7. The van der Waals surface area contributed by atoms with Crippen molar-refractivity contribution in [2.75, 3.05) is 26.2 Å². The van der Waals surface area contributed by atoms with Crippen LogP contribution in [-0.4, -0.2) is 106 Å². The summed E-state index contributed by atoms with van der Waals surface area (Å²) in [4.78, 5) is 69.3. The summed E-state index contributed by atoms with van der Waals surface area (Å²) in [5, 5.41) is 25.2. The highest BCUT2D eigenvalue weighted by Gasteiger charge is 2.45. The molecule has 0 aliphatic carbocycles. The Morgan fingerprint density at radius 3 is 2.14 bits per heavy atom. The molecule has 11 N–H and O–H groups in total. The van der Waals surface area contributed by atoms with E-state index in [9.17, 15) is 29.1 Å². The summed E-state index contributed by atoms with van der Waals surface area (Å²) in [5.74, 6) is -3.41. The predicted molar refractivity (Wildman–Crippen MR) is 182 cm³/mol. The van der Waals surface area contributed by atoms with Crippen molar-refractivity contribution in [3.8, 4) is 0 Å². The zero-order valence-electron chi connectivity index (χ0n) is 27.5. The standard InChI is InChI=1S/C34H47N9O6/c35-24(19-22-9-3-1-4-10-22)28(44)41-26(20-23-11-5-2-6-12-23)31(47)43-17-8-14-27(43)29(45)40-25(13-7-16-39-33(36)37)30(46)42-18-15-34(38,21-42)32(48)49/h1-6,9-12,24-27H,7-8,13-21,35,38H2,(H,40,45)(H,41,44)(H,48,49)(H4,36,37,39)/t24-,25-,26-,27-,34?/m1/s1. The van der Waals surface area contributed by atoms with Gasteiger partial charge in [0.25, 0.3) is 0 Å². The molecule has 15 nitrogen and oxygen atoms in total. The van der Waals surface area contributed by atoms with Crippen LogP contribution in [0, 0.1) is 5.41 Å². The summed E-state index contributed by atoms with van der Waals surface area (Å²) in [6.07, 6.45) is 1.92. The predicted octanol–water partition coefficient (Wildman–Crippen LogP) is -0.963. The van der Waals surface area contributed by atoms with E-state index < -0.39 is 59.3 Å². The number of carboxylic acids is 1. The van der Waals surface area contributed by atoms with E-state index in [1.165, 1.54) is 9.80 Å². The molecule has 2 saturated heterocycles. The average molecular weight is 678 g/mol. The van der Waals surface area contributed by atoms with Crippen molar-refractivity contribution in [2.45, 2.75) is 74.7 Å². The molecule has 15 heteroatoms. The normalized spacial score (nSPS) is 20.6. The number of nitrogens with zero attached hydrogens (tertiary/aromatic N) is 2. The van der Waals surface area contributed by atoms with E-state index in [0.29, 0.717) is 19.3 Å². The van der Waals surface area contributed by atoms with Gasteiger partial charge >= 0.3 is 5.97 Å². The molecular weight excluding hydrogens is 630 g/mol. The van der Waals surface area contributed by atoms with E-state index in [2.05, 4.69) is 16.0 Å². The maximum Gasteiger partial charge on any atom is 0.325 e. The van der Waals surface area contributed by atoms with Crippen LogP contribution < -0.4 is 33.2 Å². The van der Waals surface area contributed by atoms with E-state index in [0.717, 1.165) is 11.1 Å². The number of benzene rings is 2. The highest BCUT2D eigenvalue weighted by atomic mass is 16.4. The lowest BCUT2D eigenvalue weighted by Crippen LogP contribution is -2.58. The SMILES string of the molecule is N=C(N)NCCC[C@@H](NC(=O)[C@H]1CCCN1C(=O)[C@@H](Cc1ccccc1)NC(=O)[C@H](N)Cc1ccccc1)C(=O)N1CCC(N)(C(=O)O)C1. The fourth-order valence-electron chi connectivity index (χ4n) is 6.26. The van der Waals surface area contributed by atoms with Crippen molar-refractivity contribution in [1.29, 1.82) is 5.41 Å². The van der Waals surface area contributed by atoms with Crippen molar-refractivity contribution >= 4 is 35.6 Å². The number of hydrogen-bond acceptors (Lipinski definition) is 8. The van der Waals surface area contributed by atoms with Gasteiger partial charge < -0.3 is 48.1 Å². The lowest BCUT2D eigenvalue weighted by Gasteiger charge is -2.31. The Morgan fingerprint density at radius 1 is 0.918 bits per heavy atom. The maximum absolute atomic E-state index is 14.1. The molecule has 264 valence electrons. The quantitative estimate of drug-likeness (QED) is 0.0651. The van der Waals surface area contributed by atoms with Crippen LogP contribution in [0.3, 0.4) is 0 Å². The van der Waals surface area contributed by atoms with E-state index in [-0.39, 0.29) is 57.8 Å². The van der Waals surface area contributed by atoms with Gasteiger partial charge in [-0.15, -0.1) is 0 Å². The molecule has 0 saturated carbocycles. The van der Waals surface area contributed by atoms with E-state index in [1.807, 2.05) is 60.7 Å². The molecular formula is C34H47N9O6. The molecule has 0 aromatic heterocycles. The number of hydrogen-bond donors (Lipinski definition) is 8. The first-order valence-electron chi connectivity index (χ1n) is 16.5. The first kappa shape index (κ1) is 36.8. The van der Waals surface area contributed by atoms with E-state index in [1.54, 1.807) is 0 Å². The first-order chi connectivity index (χ1) is 23.4. The number of aliphatic carboxylic acids is 1. The number of amides is 4. The van der Waals surface area contributed by atoms with E-state index in [4.69, 9.17) is 22.6 Å². The first-order valence-corrected chi connectivity index (χ1v) is 16.5. The van der Waals surface area contributed by atoms with Gasteiger partial charge in [-0.2, -0.15) is 0 Å². The van der Waals surface area contributed by atoms with Crippen LogP contribution in [0.25, 0.3) is 0 Å². The Balaban J connectivity index is 1.49. The Labute approximate surface area is 285 Å². The monoisotopic (exact) mass is 677 g/mol. The molecule has 4 amide bonds. The molecule has 1 unspecified atom stereocenters. The highest BCUT2D eigenvalue weighted by Crippen LogP contribution is 2.23. The zero-order valence-corrected chi connectivity index (χ0v) is 27.5. The van der Waals surface area contributed by atoms with Gasteiger partial charge in [0.2, 0.25) is 23.6 Å². The van der Waals surface area contributed by atoms with Crippen molar-refractivity contribution in [1.82, 2.24) is 25.8 Å². The molecule has 5 atom stereocenters. The second kappa shape index (κ2) is 16.9. The van der Waals surface area contributed by atoms with Crippen LogP contribution >= 0.6 is 0 Å². The molecule has 0 radical (unpaired) electrons.